The number of esters is 3. The number of hydrogen-bond donors (Lipinski definition) is 1. The Balaban J connectivity index is 2.03. The molecule has 218 valence electrons. The summed E-state index contributed by atoms with van der Waals surface area (Å²) < 4.78 is 21.9. The highest BCUT2D eigenvalue weighted by Crippen LogP contribution is 2.32. The first kappa shape index (κ1) is 30.5. The van der Waals surface area contributed by atoms with Crippen LogP contribution < -0.4 is 10.2 Å². The molecule has 0 aromatic heterocycles. The number of amides is 2. The van der Waals surface area contributed by atoms with Gasteiger partial charge < -0.3 is 34.0 Å². The average molecular weight is 562 g/mol. The summed E-state index contributed by atoms with van der Waals surface area (Å²) in [4.78, 5) is 68.3. The maximum atomic E-state index is 13.4. The molecule has 1 saturated heterocycles. The van der Waals surface area contributed by atoms with Crippen molar-refractivity contribution in [1.82, 2.24) is 5.32 Å². The molecule has 1 fully saturated rings. The molecule has 2 aliphatic heterocycles. The first-order valence-electron chi connectivity index (χ1n) is 12.9. The van der Waals surface area contributed by atoms with Gasteiger partial charge in [-0.15, -0.1) is 0 Å². The molecule has 0 spiro atoms. The van der Waals surface area contributed by atoms with Gasteiger partial charge in [-0.05, 0) is 25.0 Å². The molecule has 2 aliphatic rings. The van der Waals surface area contributed by atoms with E-state index in [1.807, 2.05) is 39.0 Å². The fourth-order valence-electron chi connectivity index (χ4n) is 4.55. The molecule has 0 saturated carbocycles. The molecule has 13 heteroatoms. The Hall–Kier alpha value is -4.00. The summed E-state index contributed by atoms with van der Waals surface area (Å²) in [5, 5.41) is 6.74. The minimum Gasteiger partial charge on any atom is -0.463 e. The lowest BCUT2D eigenvalue weighted by Gasteiger charge is -2.43. The number of hydrogen-bond acceptors (Lipinski definition) is 11. The van der Waals surface area contributed by atoms with E-state index in [0.29, 0.717) is 17.8 Å². The zero-order valence-electron chi connectivity index (χ0n) is 23.6. The van der Waals surface area contributed by atoms with Crippen molar-refractivity contribution in [3.63, 3.8) is 0 Å². The molecule has 0 radical (unpaired) electrons. The lowest BCUT2D eigenvalue weighted by atomic mass is 9.96. The van der Waals surface area contributed by atoms with Gasteiger partial charge in [0.05, 0.1) is 5.69 Å². The highest BCUT2D eigenvalue weighted by Gasteiger charge is 2.52. The molecule has 13 nitrogen and oxygen atoms in total. The van der Waals surface area contributed by atoms with E-state index in [9.17, 15) is 24.0 Å². The van der Waals surface area contributed by atoms with Crippen molar-refractivity contribution in [1.29, 1.82) is 0 Å². The van der Waals surface area contributed by atoms with Gasteiger partial charge in [-0.25, -0.2) is 0 Å². The smallest absolute Gasteiger partial charge is 0.303 e. The standard InChI is InChI=1S/C27H35N3O10/c1-13(2)11-30-20-9-8-14(3)10-19(20)22(26(30)35)29-40-27-23(28-15(4)31)25(38-18(7)34)24(37-17(6)33)21(39-27)12-36-16(5)32/h8-10,13,21,23-25,27H,11-12H2,1-7H3,(H,28,31)/b29-22+/t21-,23+,24+,25-,27+/m1/s1. The lowest BCUT2D eigenvalue weighted by molar-refractivity contribution is -0.278. The van der Waals surface area contributed by atoms with E-state index in [1.54, 1.807) is 4.90 Å². The average Bonchev–Trinajstić information content (AvgIpc) is 3.08. The van der Waals surface area contributed by atoms with Crippen LogP contribution in [0.4, 0.5) is 5.69 Å². The molecule has 0 bridgehead atoms. The second-order valence-corrected chi connectivity index (χ2v) is 10.1. The third-order valence-electron chi connectivity index (χ3n) is 6.01. The minimum absolute atomic E-state index is 0.0206. The fourth-order valence-corrected chi connectivity index (χ4v) is 4.55. The van der Waals surface area contributed by atoms with Crippen LogP contribution in [0.5, 0.6) is 0 Å². The Labute approximate surface area is 232 Å². The Bertz CT molecular complexity index is 1200. The van der Waals surface area contributed by atoms with E-state index in [2.05, 4.69) is 10.5 Å². The molecule has 1 aromatic carbocycles. The maximum absolute atomic E-state index is 13.4. The topological polar surface area (TPSA) is 159 Å². The molecule has 1 N–H and O–H groups in total. The molecule has 40 heavy (non-hydrogen) atoms. The van der Waals surface area contributed by atoms with Crippen molar-refractivity contribution in [2.75, 3.05) is 18.1 Å². The molecular weight excluding hydrogens is 526 g/mol. The van der Waals surface area contributed by atoms with Crippen LogP contribution in [0.3, 0.4) is 0 Å². The Morgan fingerprint density at radius 3 is 2.25 bits per heavy atom. The van der Waals surface area contributed by atoms with Crippen LogP contribution in [0.1, 0.15) is 52.7 Å². The van der Waals surface area contributed by atoms with Gasteiger partial charge in [0.1, 0.15) is 18.8 Å². The van der Waals surface area contributed by atoms with Crippen LogP contribution in [0.2, 0.25) is 0 Å². The van der Waals surface area contributed by atoms with Crippen molar-refractivity contribution < 1.29 is 47.8 Å². The predicted octanol–water partition coefficient (Wildman–Crippen LogP) is 1.37. The van der Waals surface area contributed by atoms with Crippen molar-refractivity contribution in [3.8, 4) is 0 Å². The predicted molar refractivity (Wildman–Crippen MR) is 140 cm³/mol. The summed E-state index contributed by atoms with van der Waals surface area (Å²) >= 11 is 0. The minimum atomic E-state index is -1.44. The van der Waals surface area contributed by atoms with Gasteiger partial charge in [0.2, 0.25) is 5.91 Å². The van der Waals surface area contributed by atoms with Crippen LogP contribution in [-0.4, -0.2) is 79.2 Å². The number of fused-ring (bicyclic) bond motifs is 1. The number of anilines is 1. The summed E-state index contributed by atoms with van der Waals surface area (Å²) in [5.74, 6) is -2.84. The number of carbonyl (C=O) groups is 5. The third-order valence-corrected chi connectivity index (χ3v) is 6.01. The van der Waals surface area contributed by atoms with E-state index in [-0.39, 0.29) is 17.5 Å². The third kappa shape index (κ3) is 7.34. The van der Waals surface area contributed by atoms with E-state index < -0.39 is 61.1 Å². The molecule has 0 aliphatic carbocycles. The van der Waals surface area contributed by atoms with Crippen molar-refractivity contribution in [2.24, 2.45) is 11.1 Å². The molecule has 2 heterocycles. The Morgan fingerprint density at radius 1 is 1.02 bits per heavy atom. The first-order valence-corrected chi connectivity index (χ1v) is 12.9. The van der Waals surface area contributed by atoms with E-state index in [0.717, 1.165) is 19.4 Å². The van der Waals surface area contributed by atoms with Crippen molar-refractivity contribution in [2.45, 2.75) is 79.1 Å². The Morgan fingerprint density at radius 2 is 1.68 bits per heavy atom. The largest absolute Gasteiger partial charge is 0.463 e. The van der Waals surface area contributed by atoms with Gasteiger partial charge >= 0.3 is 17.9 Å². The monoisotopic (exact) mass is 561 g/mol. The molecule has 3 rings (SSSR count). The van der Waals surface area contributed by atoms with E-state index >= 15 is 0 Å². The molecule has 0 unspecified atom stereocenters. The molecule has 1 aromatic rings. The van der Waals surface area contributed by atoms with Gasteiger partial charge in [0.15, 0.2) is 17.9 Å². The summed E-state index contributed by atoms with van der Waals surface area (Å²) in [6.07, 6.45) is -5.19. The molecular formula is C27H35N3O10. The number of oxime groups is 1. The number of nitrogens with zero attached hydrogens (tertiary/aromatic N) is 2. The Kier molecular flexibility index (Phi) is 9.85. The highest BCUT2D eigenvalue weighted by molar-refractivity contribution is 6.54. The number of benzene rings is 1. The molecule has 5 atom stereocenters. The lowest BCUT2D eigenvalue weighted by Crippen LogP contribution is -2.66. The number of ether oxygens (including phenoxy) is 4. The quantitative estimate of drug-likeness (QED) is 0.265. The first-order chi connectivity index (χ1) is 18.8. The van der Waals surface area contributed by atoms with Crippen LogP contribution in [0.25, 0.3) is 0 Å². The van der Waals surface area contributed by atoms with Gasteiger partial charge in [-0.2, -0.15) is 0 Å². The maximum Gasteiger partial charge on any atom is 0.303 e. The second-order valence-electron chi connectivity index (χ2n) is 10.1. The van der Waals surface area contributed by atoms with Gasteiger partial charge in [-0.3, -0.25) is 24.0 Å². The van der Waals surface area contributed by atoms with Crippen molar-refractivity contribution >= 4 is 41.1 Å². The zero-order valence-corrected chi connectivity index (χ0v) is 23.6. The van der Waals surface area contributed by atoms with Gasteiger partial charge in [0.25, 0.3) is 12.2 Å². The second kappa shape index (κ2) is 12.9. The SMILES string of the molecule is CC(=O)N[C@@H]1[C@H](O/N=C2/C(=O)N(CC(C)C)c3ccc(C)cc32)O[C@H](COC(C)=O)[C@H](OC(C)=O)[C@@H]1OC(C)=O. The number of carbonyl (C=O) groups excluding carboxylic acids is 5. The fraction of sp³-hybridized carbons (Fsp3) is 0.556. The summed E-state index contributed by atoms with van der Waals surface area (Å²) in [7, 11) is 0. The van der Waals surface area contributed by atoms with E-state index in [1.165, 1.54) is 13.8 Å². The highest BCUT2D eigenvalue weighted by atomic mass is 16.8. The number of nitrogens with one attached hydrogen (secondary N) is 1. The zero-order chi connectivity index (χ0) is 29.7. The normalized spacial score (nSPS) is 24.9. The number of rotatable bonds is 9. The van der Waals surface area contributed by atoms with Crippen LogP contribution in [0, 0.1) is 12.8 Å². The van der Waals surface area contributed by atoms with E-state index in [4.69, 9.17) is 23.8 Å². The van der Waals surface area contributed by atoms with Crippen LogP contribution in [0.15, 0.2) is 23.4 Å². The van der Waals surface area contributed by atoms with Gasteiger partial charge in [0, 0.05) is 39.8 Å². The summed E-state index contributed by atoms with van der Waals surface area (Å²) in [5.41, 5.74) is 2.15. The van der Waals surface area contributed by atoms with Crippen molar-refractivity contribution in [3.05, 3.63) is 29.3 Å². The van der Waals surface area contributed by atoms with Crippen LogP contribution in [-0.2, 0) is 47.8 Å². The number of aryl methyl sites for hydroxylation is 1. The summed E-state index contributed by atoms with van der Waals surface area (Å²) in [6, 6.07) is 4.31. The van der Waals surface area contributed by atoms with Gasteiger partial charge in [-0.1, -0.05) is 30.6 Å². The summed E-state index contributed by atoms with van der Waals surface area (Å²) in [6.45, 7) is 10.6. The van der Waals surface area contributed by atoms with Crippen LogP contribution >= 0.6 is 0 Å². The molecule has 2 amide bonds.